The van der Waals surface area contributed by atoms with Crippen molar-refractivity contribution in [1.29, 1.82) is 0 Å². The van der Waals surface area contributed by atoms with E-state index in [0.29, 0.717) is 0 Å². The Balaban J connectivity index is 2.73. The molecule has 6 nitrogen and oxygen atoms in total. The fourth-order valence-electron chi connectivity index (χ4n) is 1.06. The summed E-state index contributed by atoms with van der Waals surface area (Å²) >= 11 is 5.60. The van der Waals surface area contributed by atoms with Gasteiger partial charge in [-0.1, -0.05) is 0 Å². The lowest BCUT2D eigenvalue weighted by Gasteiger charge is -2.33. The topological polar surface area (TPSA) is 93.1 Å². The van der Waals surface area contributed by atoms with Crippen LogP contribution in [0.5, 0.6) is 0 Å². The molecule has 1 fully saturated rings. The molecule has 2 N–H and O–H groups in total. The van der Waals surface area contributed by atoms with E-state index in [1.54, 1.807) is 0 Å². The molecule has 1 aliphatic rings. The molecule has 8 heteroatoms. The van der Waals surface area contributed by atoms with Gasteiger partial charge in [-0.15, -0.1) is 11.6 Å². The third-order valence-electron chi connectivity index (χ3n) is 1.70. The molecule has 1 saturated heterocycles. The monoisotopic (exact) mass is 246 g/mol. The van der Waals surface area contributed by atoms with Crippen molar-refractivity contribution in [3.8, 4) is 0 Å². The number of halogens is 1. The summed E-state index contributed by atoms with van der Waals surface area (Å²) in [5.74, 6) is 0. The van der Waals surface area contributed by atoms with E-state index in [0.717, 1.165) is 6.26 Å². The van der Waals surface area contributed by atoms with Gasteiger partial charge in [0.1, 0.15) is 6.10 Å². The quantitative estimate of drug-likeness (QED) is 0.462. The van der Waals surface area contributed by atoms with Gasteiger partial charge in [-0.25, -0.2) is 0 Å². The lowest BCUT2D eigenvalue weighted by molar-refractivity contribution is -0.208. The Labute approximate surface area is 86.5 Å². The normalized spacial score (nSPS) is 39.7. The molecule has 14 heavy (non-hydrogen) atoms. The van der Waals surface area contributed by atoms with E-state index >= 15 is 0 Å². The van der Waals surface area contributed by atoms with Gasteiger partial charge in [-0.3, -0.25) is 4.18 Å². The number of alkyl halides is 1. The third kappa shape index (κ3) is 3.04. The average molecular weight is 247 g/mol. The van der Waals surface area contributed by atoms with Gasteiger partial charge < -0.3 is 14.9 Å². The van der Waals surface area contributed by atoms with Gasteiger partial charge in [0.15, 0.2) is 12.4 Å². The van der Waals surface area contributed by atoms with Crippen LogP contribution >= 0.6 is 11.6 Å². The molecule has 4 unspecified atom stereocenters. The molecule has 0 radical (unpaired) electrons. The van der Waals surface area contributed by atoms with E-state index in [9.17, 15) is 18.6 Å². The Kier molecular flexibility index (Phi) is 3.73. The number of aliphatic hydroxyl groups is 2. The number of hydrogen-bond donors (Lipinski definition) is 2. The highest BCUT2D eigenvalue weighted by Crippen LogP contribution is 2.21. The Hall–Kier alpha value is 0.0800. The maximum Gasteiger partial charge on any atom is 0.264 e. The predicted octanol–water partition coefficient (Wildman–Crippen LogP) is -1.35. The molecule has 1 heterocycles. The van der Waals surface area contributed by atoms with Crippen molar-refractivity contribution in [1.82, 2.24) is 0 Å². The molecular formula is C6H11ClO6S. The van der Waals surface area contributed by atoms with Crippen LogP contribution in [0.3, 0.4) is 0 Å². The summed E-state index contributed by atoms with van der Waals surface area (Å²) in [5.41, 5.74) is 0. The molecule has 0 aromatic carbocycles. The van der Waals surface area contributed by atoms with Crippen LogP contribution in [0.2, 0.25) is 0 Å². The van der Waals surface area contributed by atoms with Crippen LogP contribution in [0.4, 0.5) is 0 Å². The second-order valence-electron chi connectivity index (χ2n) is 3.00. The highest BCUT2D eigenvalue weighted by Gasteiger charge is 2.40. The van der Waals surface area contributed by atoms with Crippen molar-refractivity contribution in [2.75, 3.05) is 12.9 Å². The highest BCUT2D eigenvalue weighted by atomic mass is 35.5. The zero-order valence-corrected chi connectivity index (χ0v) is 8.90. The van der Waals surface area contributed by atoms with Crippen molar-refractivity contribution in [3.63, 3.8) is 0 Å². The number of ether oxygens (including phenoxy) is 1. The van der Waals surface area contributed by atoms with Gasteiger partial charge in [0, 0.05) is 0 Å². The zero-order valence-electron chi connectivity index (χ0n) is 7.33. The highest BCUT2D eigenvalue weighted by molar-refractivity contribution is 7.86. The Bertz CT molecular complexity index is 291. The van der Waals surface area contributed by atoms with Crippen LogP contribution in [-0.4, -0.2) is 55.4 Å². The van der Waals surface area contributed by atoms with Gasteiger partial charge in [0.05, 0.1) is 18.2 Å². The first-order chi connectivity index (χ1) is 6.31. The first-order valence-corrected chi connectivity index (χ1v) is 6.06. The molecule has 0 bridgehead atoms. The van der Waals surface area contributed by atoms with E-state index in [-0.39, 0.29) is 6.61 Å². The van der Waals surface area contributed by atoms with E-state index < -0.39 is 34.0 Å². The zero-order chi connectivity index (χ0) is 10.9. The molecule has 84 valence electrons. The fourth-order valence-corrected chi connectivity index (χ4v) is 1.89. The molecule has 1 aliphatic heterocycles. The van der Waals surface area contributed by atoms with Crippen LogP contribution in [0, 0.1) is 0 Å². The third-order valence-corrected chi connectivity index (χ3v) is 2.66. The minimum Gasteiger partial charge on any atom is -0.389 e. The van der Waals surface area contributed by atoms with Gasteiger partial charge in [0.25, 0.3) is 10.1 Å². The summed E-state index contributed by atoms with van der Waals surface area (Å²) in [4.78, 5) is 0. The van der Waals surface area contributed by atoms with Crippen LogP contribution in [0.15, 0.2) is 0 Å². The van der Waals surface area contributed by atoms with Gasteiger partial charge in [0.2, 0.25) is 0 Å². The van der Waals surface area contributed by atoms with Crippen LogP contribution < -0.4 is 0 Å². The van der Waals surface area contributed by atoms with Crippen molar-refractivity contribution in [3.05, 3.63) is 0 Å². The number of hydrogen-bond acceptors (Lipinski definition) is 6. The fraction of sp³-hybridized carbons (Fsp3) is 1.00. The largest absolute Gasteiger partial charge is 0.389 e. The Morgan fingerprint density at radius 2 is 2.07 bits per heavy atom. The lowest BCUT2D eigenvalue weighted by atomic mass is 10.1. The van der Waals surface area contributed by atoms with Crippen molar-refractivity contribution < 1.29 is 27.6 Å². The summed E-state index contributed by atoms with van der Waals surface area (Å²) < 4.78 is 30.6. The standard InChI is InChI=1S/C6H11ClO6S/c1-14(10,11)13-5-4(8)3(7)2-12-6(5)9/h3-6,8-9H,2H2,1H3. The summed E-state index contributed by atoms with van der Waals surface area (Å²) in [7, 11) is -3.77. The smallest absolute Gasteiger partial charge is 0.264 e. The predicted molar refractivity (Wildman–Crippen MR) is 47.3 cm³/mol. The molecule has 4 atom stereocenters. The molecule has 0 aromatic heterocycles. The van der Waals surface area contributed by atoms with E-state index in [1.807, 2.05) is 0 Å². The second kappa shape index (κ2) is 4.30. The summed E-state index contributed by atoms with van der Waals surface area (Å²) in [6.45, 7) is -0.0620. The Morgan fingerprint density at radius 1 is 1.50 bits per heavy atom. The average Bonchev–Trinajstić information content (AvgIpc) is 2.04. The van der Waals surface area contributed by atoms with Gasteiger partial charge in [-0.05, 0) is 0 Å². The summed E-state index contributed by atoms with van der Waals surface area (Å²) in [5, 5.41) is 17.8. The molecule has 0 aromatic rings. The minimum absolute atomic E-state index is 0.0620. The van der Waals surface area contributed by atoms with E-state index in [2.05, 4.69) is 4.18 Å². The van der Waals surface area contributed by atoms with Crippen LogP contribution in [0.25, 0.3) is 0 Å². The van der Waals surface area contributed by atoms with E-state index in [4.69, 9.17) is 16.3 Å². The molecule has 0 amide bonds. The lowest BCUT2D eigenvalue weighted by Crippen LogP contribution is -2.52. The van der Waals surface area contributed by atoms with Crippen molar-refractivity contribution in [2.45, 2.75) is 23.9 Å². The molecule has 0 saturated carbocycles. The van der Waals surface area contributed by atoms with Gasteiger partial charge >= 0.3 is 0 Å². The molecule has 1 rings (SSSR count). The minimum atomic E-state index is -3.77. The SMILES string of the molecule is CS(=O)(=O)OC1C(O)OCC(Cl)C1O. The Morgan fingerprint density at radius 3 is 2.57 bits per heavy atom. The molecular weight excluding hydrogens is 236 g/mol. The number of rotatable bonds is 2. The van der Waals surface area contributed by atoms with Crippen molar-refractivity contribution >= 4 is 21.7 Å². The van der Waals surface area contributed by atoms with E-state index in [1.165, 1.54) is 0 Å². The maximum atomic E-state index is 10.8. The second-order valence-corrected chi connectivity index (χ2v) is 5.16. The summed E-state index contributed by atoms with van der Waals surface area (Å²) in [6, 6.07) is 0. The first-order valence-electron chi connectivity index (χ1n) is 3.81. The van der Waals surface area contributed by atoms with Crippen LogP contribution in [0.1, 0.15) is 0 Å². The maximum absolute atomic E-state index is 10.8. The summed E-state index contributed by atoms with van der Waals surface area (Å²) in [6.07, 6.45) is -3.34. The van der Waals surface area contributed by atoms with Crippen LogP contribution in [-0.2, 0) is 19.0 Å². The molecule has 0 spiro atoms. The van der Waals surface area contributed by atoms with Gasteiger partial charge in [-0.2, -0.15) is 8.42 Å². The van der Waals surface area contributed by atoms with Crippen molar-refractivity contribution in [2.24, 2.45) is 0 Å². The number of aliphatic hydroxyl groups excluding tert-OH is 2. The first kappa shape index (κ1) is 12.2. The molecule has 0 aliphatic carbocycles.